The summed E-state index contributed by atoms with van der Waals surface area (Å²) in [6, 6.07) is 9.76. The third-order valence-electron chi connectivity index (χ3n) is 2.37. The number of anilines is 1. The number of hydrogen-bond acceptors (Lipinski definition) is 2. The molecule has 2 aromatic rings. The summed E-state index contributed by atoms with van der Waals surface area (Å²) in [4.78, 5) is 12.7. The summed E-state index contributed by atoms with van der Waals surface area (Å²) in [5.41, 5.74) is 0.889. The third-order valence-corrected chi connectivity index (χ3v) is 3.72. The second-order valence-electron chi connectivity index (χ2n) is 3.75. The molecule has 2 aromatic carbocycles. The monoisotopic (exact) mass is 331 g/mol. The predicted molar refractivity (Wildman–Crippen MR) is 83.1 cm³/mol. The summed E-state index contributed by atoms with van der Waals surface area (Å²) < 4.78 is 0. The van der Waals surface area contributed by atoms with Crippen molar-refractivity contribution in [3.8, 4) is 0 Å². The van der Waals surface area contributed by atoms with Crippen LogP contribution in [0.5, 0.6) is 0 Å². The lowest BCUT2D eigenvalue weighted by atomic mass is 10.2. The van der Waals surface area contributed by atoms with Crippen LogP contribution in [-0.2, 0) is 0 Å². The van der Waals surface area contributed by atoms with Crippen LogP contribution in [-0.4, -0.2) is 5.91 Å². The number of hydrogen-bond donors (Lipinski definition) is 2. The largest absolute Gasteiger partial charge is 0.322 e. The highest BCUT2D eigenvalue weighted by Crippen LogP contribution is 2.26. The number of amides is 1. The van der Waals surface area contributed by atoms with Crippen LogP contribution in [0.15, 0.2) is 41.3 Å². The second kappa shape index (κ2) is 6.06. The van der Waals surface area contributed by atoms with Gasteiger partial charge in [-0.3, -0.25) is 4.79 Å². The Bertz CT molecular complexity index is 646. The van der Waals surface area contributed by atoms with E-state index in [1.165, 1.54) is 0 Å². The van der Waals surface area contributed by atoms with Crippen LogP contribution in [0.4, 0.5) is 5.69 Å². The van der Waals surface area contributed by atoms with Crippen molar-refractivity contribution in [3.05, 3.63) is 57.0 Å². The first-order valence-electron chi connectivity index (χ1n) is 5.22. The van der Waals surface area contributed by atoms with Gasteiger partial charge in [0.25, 0.3) is 5.91 Å². The molecule has 0 bridgehead atoms. The first-order chi connectivity index (χ1) is 8.97. The summed E-state index contributed by atoms with van der Waals surface area (Å²) in [5, 5.41) is 3.85. The Morgan fingerprint density at radius 1 is 0.947 bits per heavy atom. The summed E-state index contributed by atoms with van der Waals surface area (Å²) in [7, 11) is 0. The maximum absolute atomic E-state index is 12.1. The molecule has 19 heavy (non-hydrogen) atoms. The van der Waals surface area contributed by atoms with Gasteiger partial charge in [0.1, 0.15) is 0 Å². The van der Waals surface area contributed by atoms with Gasteiger partial charge in [-0.05, 0) is 36.4 Å². The van der Waals surface area contributed by atoms with E-state index >= 15 is 0 Å². The Labute approximate surface area is 131 Å². The van der Waals surface area contributed by atoms with E-state index in [1.54, 1.807) is 36.4 Å². The fourth-order valence-corrected chi connectivity index (χ4v) is 2.16. The Kier molecular flexibility index (Phi) is 4.63. The van der Waals surface area contributed by atoms with Crippen LogP contribution in [0, 0.1) is 0 Å². The van der Waals surface area contributed by atoms with Crippen molar-refractivity contribution in [1.82, 2.24) is 0 Å². The van der Waals surface area contributed by atoms with E-state index in [9.17, 15) is 4.79 Å². The molecule has 0 atom stereocenters. The van der Waals surface area contributed by atoms with Gasteiger partial charge in [0.05, 0.1) is 20.6 Å². The standard InChI is InChI=1S/C13H8Cl3NOS/c14-10-4-2-8(19)6-9(10)13(18)17-7-1-3-11(15)12(16)5-7/h1-6,19H,(H,17,18). The molecule has 0 radical (unpaired) electrons. The van der Waals surface area contributed by atoms with Crippen molar-refractivity contribution < 1.29 is 4.79 Å². The van der Waals surface area contributed by atoms with Gasteiger partial charge in [0, 0.05) is 10.6 Å². The Morgan fingerprint density at radius 2 is 1.63 bits per heavy atom. The smallest absolute Gasteiger partial charge is 0.257 e. The number of carbonyl (C=O) groups excluding carboxylic acids is 1. The molecule has 0 saturated carbocycles. The molecule has 0 unspecified atom stereocenters. The zero-order valence-electron chi connectivity index (χ0n) is 9.45. The van der Waals surface area contributed by atoms with Crippen molar-refractivity contribution in [2.75, 3.05) is 5.32 Å². The van der Waals surface area contributed by atoms with Crippen molar-refractivity contribution in [3.63, 3.8) is 0 Å². The zero-order valence-corrected chi connectivity index (χ0v) is 12.6. The van der Waals surface area contributed by atoms with E-state index < -0.39 is 0 Å². The van der Waals surface area contributed by atoms with Crippen LogP contribution in [0.25, 0.3) is 0 Å². The number of benzene rings is 2. The van der Waals surface area contributed by atoms with Crippen LogP contribution in [0.3, 0.4) is 0 Å². The van der Waals surface area contributed by atoms with E-state index in [-0.39, 0.29) is 5.91 Å². The molecular weight excluding hydrogens is 325 g/mol. The molecule has 1 N–H and O–H groups in total. The van der Waals surface area contributed by atoms with Gasteiger partial charge in [-0.1, -0.05) is 34.8 Å². The number of halogens is 3. The van der Waals surface area contributed by atoms with Crippen LogP contribution in [0.1, 0.15) is 10.4 Å². The number of thiol groups is 1. The highest BCUT2D eigenvalue weighted by Gasteiger charge is 2.11. The molecule has 6 heteroatoms. The first kappa shape index (κ1) is 14.5. The van der Waals surface area contributed by atoms with Crippen LogP contribution < -0.4 is 5.32 Å². The third kappa shape index (κ3) is 3.57. The lowest BCUT2D eigenvalue weighted by Crippen LogP contribution is -2.12. The van der Waals surface area contributed by atoms with Gasteiger partial charge in [-0.15, -0.1) is 12.6 Å². The van der Waals surface area contributed by atoms with E-state index in [0.717, 1.165) is 0 Å². The van der Waals surface area contributed by atoms with Crippen LogP contribution in [0.2, 0.25) is 15.1 Å². The molecule has 0 aliphatic carbocycles. The van der Waals surface area contributed by atoms with Gasteiger partial charge < -0.3 is 5.32 Å². The average molecular weight is 333 g/mol. The second-order valence-corrected chi connectivity index (χ2v) is 5.49. The van der Waals surface area contributed by atoms with E-state index in [4.69, 9.17) is 34.8 Å². The van der Waals surface area contributed by atoms with Crippen molar-refractivity contribution in [1.29, 1.82) is 0 Å². The molecule has 0 fully saturated rings. The molecular formula is C13H8Cl3NOS. The highest BCUT2D eigenvalue weighted by atomic mass is 35.5. The molecule has 0 aliphatic heterocycles. The number of carbonyl (C=O) groups is 1. The van der Waals surface area contributed by atoms with Gasteiger partial charge in [0.15, 0.2) is 0 Å². The predicted octanol–water partition coefficient (Wildman–Crippen LogP) is 5.19. The number of rotatable bonds is 2. The number of nitrogens with one attached hydrogen (secondary N) is 1. The Balaban J connectivity index is 2.25. The van der Waals surface area contributed by atoms with E-state index in [1.807, 2.05) is 0 Å². The lowest BCUT2D eigenvalue weighted by Gasteiger charge is -2.08. The van der Waals surface area contributed by atoms with E-state index in [0.29, 0.717) is 31.2 Å². The molecule has 0 aliphatic rings. The SMILES string of the molecule is O=C(Nc1ccc(Cl)c(Cl)c1)c1cc(S)ccc1Cl. The minimum atomic E-state index is -0.334. The summed E-state index contributed by atoms with van der Waals surface area (Å²) >= 11 is 21.8. The maximum atomic E-state index is 12.1. The summed E-state index contributed by atoms with van der Waals surface area (Å²) in [6.45, 7) is 0. The lowest BCUT2D eigenvalue weighted by molar-refractivity contribution is 0.102. The fourth-order valence-electron chi connectivity index (χ4n) is 1.46. The normalized spacial score (nSPS) is 10.3. The highest BCUT2D eigenvalue weighted by molar-refractivity contribution is 7.80. The van der Waals surface area contributed by atoms with Crippen LogP contribution >= 0.6 is 47.4 Å². The van der Waals surface area contributed by atoms with Crippen molar-refractivity contribution in [2.24, 2.45) is 0 Å². The Hall–Kier alpha value is -0.870. The topological polar surface area (TPSA) is 29.1 Å². The molecule has 0 heterocycles. The van der Waals surface area contributed by atoms with Crippen molar-refractivity contribution in [2.45, 2.75) is 4.90 Å². The molecule has 98 valence electrons. The summed E-state index contributed by atoms with van der Waals surface area (Å²) in [5.74, 6) is -0.334. The van der Waals surface area contributed by atoms with Crippen molar-refractivity contribution >= 4 is 59.0 Å². The van der Waals surface area contributed by atoms with E-state index in [2.05, 4.69) is 17.9 Å². The minimum Gasteiger partial charge on any atom is -0.322 e. The molecule has 0 aromatic heterocycles. The first-order valence-corrected chi connectivity index (χ1v) is 6.80. The quantitative estimate of drug-likeness (QED) is 0.728. The molecule has 0 saturated heterocycles. The Morgan fingerprint density at radius 3 is 2.32 bits per heavy atom. The van der Waals surface area contributed by atoms with Gasteiger partial charge in [-0.2, -0.15) is 0 Å². The molecule has 2 rings (SSSR count). The van der Waals surface area contributed by atoms with Gasteiger partial charge >= 0.3 is 0 Å². The molecule has 0 spiro atoms. The zero-order chi connectivity index (χ0) is 14.0. The van der Waals surface area contributed by atoms with Gasteiger partial charge in [-0.25, -0.2) is 0 Å². The molecule has 2 nitrogen and oxygen atoms in total. The maximum Gasteiger partial charge on any atom is 0.257 e. The average Bonchev–Trinajstić information content (AvgIpc) is 2.36. The molecule has 1 amide bonds. The minimum absolute atomic E-state index is 0.334. The summed E-state index contributed by atoms with van der Waals surface area (Å²) in [6.07, 6.45) is 0. The van der Waals surface area contributed by atoms with Gasteiger partial charge in [0.2, 0.25) is 0 Å². The fraction of sp³-hybridized carbons (Fsp3) is 0.